The Labute approximate surface area is 217 Å². The largest absolute Gasteiger partial charge is 0.423 e. The average molecular weight is 503 g/mol. The number of aliphatic hydroxyl groups excluding tert-OH is 2. The highest BCUT2D eigenvalue weighted by Crippen LogP contribution is 2.65. The number of carbonyl (C=O) groups is 1. The number of cyclic esters (lactones) is 1. The molecule has 0 amide bonds. The Morgan fingerprint density at radius 1 is 1.19 bits per heavy atom. The number of rotatable bonds is 5. The van der Waals surface area contributed by atoms with E-state index in [-0.39, 0.29) is 35.4 Å². The third-order valence-corrected chi connectivity index (χ3v) is 9.52. The summed E-state index contributed by atoms with van der Waals surface area (Å²) in [5, 5.41) is 21.0. The predicted molar refractivity (Wildman–Crippen MR) is 138 cm³/mol. The summed E-state index contributed by atoms with van der Waals surface area (Å²) in [4.78, 5) is 16.8. The van der Waals surface area contributed by atoms with E-state index in [1.54, 1.807) is 18.6 Å². The second kappa shape index (κ2) is 8.79. The van der Waals surface area contributed by atoms with Crippen LogP contribution < -0.4 is 0 Å². The van der Waals surface area contributed by atoms with Gasteiger partial charge in [-0.15, -0.1) is 0 Å². The monoisotopic (exact) mass is 502 g/mol. The maximum atomic E-state index is 12.7. The molecule has 1 aromatic heterocycles. The lowest BCUT2D eigenvalue weighted by molar-refractivity contribution is -0.167. The number of fused-ring (bicyclic) bond motifs is 1. The zero-order valence-electron chi connectivity index (χ0n) is 21.3. The van der Waals surface area contributed by atoms with Crippen molar-refractivity contribution in [2.75, 3.05) is 13.2 Å². The molecule has 0 bridgehead atoms. The average Bonchev–Trinajstić information content (AvgIpc) is 3.27. The number of aliphatic hydroxyl groups is 2. The van der Waals surface area contributed by atoms with Crippen LogP contribution in [0.1, 0.15) is 45.1 Å². The van der Waals surface area contributed by atoms with Crippen molar-refractivity contribution in [1.29, 1.82) is 0 Å². The minimum absolute atomic E-state index is 0.0341. The van der Waals surface area contributed by atoms with Crippen LogP contribution in [0, 0.1) is 22.7 Å². The number of ether oxygens (including phenoxy) is 2. The van der Waals surface area contributed by atoms with Gasteiger partial charge >= 0.3 is 5.97 Å². The highest BCUT2D eigenvalue weighted by molar-refractivity contribution is 5.96. The van der Waals surface area contributed by atoms with Crippen LogP contribution in [0.2, 0.25) is 0 Å². The summed E-state index contributed by atoms with van der Waals surface area (Å²) in [5.41, 5.74) is 1.57. The third kappa shape index (κ3) is 4.00. The quantitative estimate of drug-likeness (QED) is 0.470. The van der Waals surface area contributed by atoms with Crippen LogP contribution in [0.15, 0.2) is 72.5 Å². The third-order valence-electron chi connectivity index (χ3n) is 9.52. The van der Waals surface area contributed by atoms with Gasteiger partial charge in [0.1, 0.15) is 5.76 Å². The highest BCUT2D eigenvalue weighted by atomic mass is 16.6. The van der Waals surface area contributed by atoms with Crippen molar-refractivity contribution in [2.24, 2.45) is 22.7 Å². The van der Waals surface area contributed by atoms with Crippen LogP contribution in [0.5, 0.6) is 0 Å². The summed E-state index contributed by atoms with van der Waals surface area (Å²) in [7, 11) is 0. The van der Waals surface area contributed by atoms with Gasteiger partial charge in [0.15, 0.2) is 0 Å². The van der Waals surface area contributed by atoms with E-state index in [9.17, 15) is 15.0 Å². The Morgan fingerprint density at radius 3 is 2.65 bits per heavy atom. The van der Waals surface area contributed by atoms with E-state index in [0.29, 0.717) is 24.4 Å². The molecule has 1 saturated heterocycles. The Kier molecular flexibility index (Phi) is 5.78. The molecule has 1 spiro atoms. The van der Waals surface area contributed by atoms with E-state index >= 15 is 0 Å². The van der Waals surface area contributed by atoms with Gasteiger partial charge < -0.3 is 24.3 Å². The molecule has 194 valence electrons. The van der Waals surface area contributed by atoms with Gasteiger partial charge in [-0.3, -0.25) is 0 Å². The van der Waals surface area contributed by atoms with Crippen LogP contribution in [0.3, 0.4) is 0 Å². The van der Waals surface area contributed by atoms with Gasteiger partial charge in [-0.05, 0) is 66.9 Å². The lowest BCUT2D eigenvalue weighted by atomic mass is 9.45. The first-order valence-corrected chi connectivity index (χ1v) is 13.1. The fourth-order valence-electron chi connectivity index (χ4n) is 7.25. The summed E-state index contributed by atoms with van der Waals surface area (Å²) in [6.45, 7) is 4.97. The Hall–Kier alpha value is -3.00. The first-order chi connectivity index (χ1) is 17.8. The number of epoxide rings is 1. The standard InChI is InChI=1S/C30H34N2O5/c1-28-11-10-26(34)29(2,17-33)24(28)9-12-30(18-36-30)25(28)8-5-21-16-23(37-27(21)35)15-20-3-6-22(7-4-20)32-14-13-31-19-32/h3-8,13-16,19,24-26,33-34H,9-12,17-18H2,1-2H3/b8-5+,23-15+/t24?,25?,26-,28+,29+,30?/m1/s1. The number of hydrogen-bond donors (Lipinski definition) is 2. The molecule has 0 radical (unpaired) electrons. The summed E-state index contributed by atoms with van der Waals surface area (Å²) >= 11 is 0. The number of benzene rings is 1. The summed E-state index contributed by atoms with van der Waals surface area (Å²) in [5.74, 6) is 0.414. The minimum Gasteiger partial charge on any atom is -0.423 e. The molecule has 2 aliphatic heterocycles. The molecule has 2 saturated carbocycles. The van der Waals surface area contributed by atoms with Crippen molar-refractivity contribution in [2.45, 2.75) is 51.2 Å². The second-order valence-electron chi connectivity index (χ2n) is 11.6. The lowest BCUT2D eigenvalue weighted by Crippen LogP contribution is -2.60. The molecule has 2 N–H and O–H groups in total. The molecule has 3 fully saturated rings. The van der Waals surface area contributed by atoms with Crippen LogP contribution in [-0.4, -0.2) is 50.7 Å². The van der Waals surface area contributed by atoms with Crippen LogP contribution in [0.4, 0.5) is 0 Å². The second-order valence-corrected chi connectivity index (χ2v) is 11.6. The first kappa shape index (κ1) is 24.3. The van der Waals surface area contributed by atoms with Gasteiger partial charge in [0.25, 0.3) is 0 Å². The van der Waals surface area contributed by atoms with E-state index in [4.69, 9.17) is 9.47 Å². The number of nitrogens with zero attached hydrogens (tertiary/aromatic N) is 2. The molecule has 7 heteroatoms. The maximum absolute atomic E-state index is 12.7. The fraction of sp³-hybridized carbons (Fsp3) is 0.467. The molecule has 4 aliphatic rings. The molecule has 2 aliphatic carbocycles. The Balaban J connectivity index is 1.24. The molecular formula is C30H34N2O5. The van der Waals surface area contributed by atoms with E-state index < -0.39 is 11.5 Å². The van der Waals surface area contributed by atoms with Gasteiger partial charge in [-0.2, -0.15) is 0 Å². The molecule has 7 nitrogen and oxygen atoms in total. The van der Waals surface area contributed by atoms with Crippen molar-refractivity contribution in [3.05, 3.63) is 78.1 Å². The van der Waals surface area contributed by atoms with Gasteiger partial charge in [0.2, 0.25) is 0 Å². The van der Waals surface area contributed by atoms with Crippen molar-refractivity contribution in [3.8, 4) is 5.69 Å². The molecule has 2 aromatic rings. The number of esters is 1. The minimum atomic E-state index is -0.537. The summed E-state index contributed by atoms with van der Waals surface area (Å²) < 4.78 is 13.5. The highest BCUT2D eigenvalue weighted by Gasteiger charge is 2.66. The van der Waals surface area contributed by atoms with E-state index in [0.717, 1.165) is 30.5 Å². The predicted octanol–water partition coefficient (Wildman–Crippen LogP) is 4.21. The van der Waals surface area contributed by atoms with E-state index in [1.807, 2.05) is 54.1 Å². The van der Waals surface area contributed by atoms with Gasteiger partial charge in [-0.1, -0.05) is 38.1 Å². The van der Waals surface area contributed by atoms with E-state index in [2.05, 4.69) is 18.0 Å². The van der Waals surface area contributed by atoms with Crippen LogP contribution in [-0.2, 0) is 14.3 Å². The summed E-state index contributed by atoms with van der Waals surface area (Å²) in [6.07, 6.45) is 15.9. The summed E-state index contributed by atoms with van der Waals surface area (Å²) in [6, 6.07) is 7.94. The van der Waals surface area contributed by atoms with Crippen LogP contribution >= 0.6 is 0 Å². The van der Waals surface area contributed by atoms with Gasteiger partial charge in [-0.25, -0.2) is 9.78 Å². The number of aromatic nitrogens is 2. The fourth-order valence-corrected chi connectivity index (χ4v) is 7.25. The maximum Gasteiger partial charge on any atom is 0.343 e. The smallest absolute Gasteiger partial charge is 0.343 e. The number of hydrogen-bond acceptors (Lipinski definition) is 6. The number of imidazole rings is 1. The molecule has 1 aromatic carbocycles. The Morgan fingerprint density at radius 2 is 1.97 bits per heavy atom. The van der Waals surface area contributed by atoms with E-state index in [1.165, 1.54) is 0 Å². The number of carbonyl (C=O) groups excluding carboxylic acids is 1. The normalized spacial score (nSPS) is 38.2. The van der Waals surface area contributed by atoms with Crippen molar-refractivity contribution >= 4 is 12.0 Å². The SMILES string of the molecule is C[C@]12CC[C@@H](O)[C@@](C)(CO)C1CCC1(CO1)C2/C=C/C1=CC(=C\c2ccc(-n3ccnc3)cc2)/OC1=O. The first-order valence-electron chi connectivity index (χ1n) is 13.1. The zero-order valence-corrected chi connectivity index (χ0v) is 21.3. The van der Waals surface area contributed by atoms with Crippen molar-refractivity contribution in [1.82, 2.24) is 9.55 Å². The molecule has 3 heterocycles. The molecule has 6 atom stereocenters. The molecule has 6 rings (SSSR count). The molecule has 37 heavy (non-hydrogen) atoms. The lowest BCUT2D eigenvalue weighted by Gasteiger charge is -2.60. The van der Waals surface area contributed by atoms with Gasteiger partial charge in [0, 0.05) is 29.4 Å². The zero-order chi connectivity index (χ0) is 25.8. The Bertz CT molecular complexity index is 1270. The van der Waals surface area contributed by atoms with Crippen molar-refractivity contribution < 1.29 is 24.5 Å². The van der Waals surface area contributed by atoms with Gasteiger partial charge in [0.05, 0.1) is 36.8 Å². The molecular weight excluding hydrogens is 468 g/mol. The number of allylic oxidation sites excluding steroid dienone is 1. The topological polar surface area (TPSA) is 97.1 Å². The molecule has 3 unspecified atom stereocenters. The van der Waals surface area contributed by atoms with Crippen molar-refractivity contribution in [3.63, 3.8) is 0 Å². The van der Waals surface area contributed by atoms with Crippen LogP contribution in [0.25, 0.3) is 11.8 Å².